The van der Waals surface area contributed by atoms with Crippen molar-refractivity contribution in [3.05, 3.63) is 59.7 Å². The Labute approximate surface area is 178 Å². The van der Waals surface area contributed by atoms with E-state index in [1.807, 2.05) is 18.2 Å². The number of nitrogens with one attached hydrogen (secondary N) is 1. The quantitative estimate of drug-likeness (QED) is 0.793. The summed E-state index contributed by atoms with van der Waals surface area (Å²) in [5.74, 6) is 0.437. The zero-order valence-electron chi connectivity index (χ0n) is 17.2. The van der Waals surface area contributed by atoms with Crippen LogP contribution in [0.4, 0.5) is 0 Å². The molecule has 2 aromatic carbocycles. The van der Waals surface area contributed by atoms with Crippen molar-refractivity contribution in [2.45, 2.75) is 43.0 Å². The van der Waals surface area contributed by atoms with Crippen LogP contribution in [0.2, 0.25) is 0 Å². The highest BCUT2D eigenvalue weighted by atomic mass is 32.2. The van der Waals surface area contributed by atoms with Crippen molar-refractivity contribution in [2.75, 3.05) is 20.2 Å². The largest absolute Gasteiger partial charge is 0.497 e. The van der Waals surface area contributed by atoms with Crippen LogP contribution in [0.3, 0.4) is 0 Å². The van der Waals surface area contributed by atoms with Crippen molar-refractivity contribution in [1.82, 2.24) is 9.62 Å². The summed E-state index contributed by atoms with van der Waals surface area (Å²) in [7, 11) is -1.92. The van der Waals surface area contributed by atoms with Crippen LogP contribution >= 0.6 is 0 Å². The number of nitrogens with zero attached hydrogens (tertiary/aromatic N) is 1. The molecule has 1 N–H and O–H groups in total. The third kappa shape index (κ3) is 4.23. The molecule has 0 unspecified atom stereocenters. The number of hydrogen-bond donors (Lipinski definition) is 1. The second-order valence-electron chi connectivity index (χ2n) is 8.03. The fourth-order valence-corrected chi connectivity index (χ4v) is 6.02. The SMILES string of the molecule is COc1ccc2c(c1)CCC[C@@H]2NC(=O)[C@@H]1CCCN(S(=O)(=O)c2ccccc2)C1. The van der Waals surface area contributed by atoms with Gasteiger partial charge in [-0.3, -0.25) is 4.79 Å². The summed E-state index contributed by atoms with van der Waals surface area (Å²) in [4.78, 5) is 13.3. The number of fused-ring (bicyclic) bond motifs is 1. The van der Waals surface area contributed by atoms with Gasteiger partial charge < -0.3 is 10.1 Å². The number of carbonyl (C=O) groups is 1. The van der Waals surface area contributed by atoms with Crippen LogP contribution in [0.5, 0.6) is 5.75 Å². The highest BCUT2D eigenvalue weighted by Gasteiger charge is 2.34. The van der Waals surface area contributed by atoms with Crippen LogP contribution in [-0.2, 0) is 21.2 Å². The Balaban J connectivity index is 1.46. The summed E-state index contributed by atoms with van der Waals surface area (Å²) in [6.07, 6.45) is 4.26. The lowest BCUT2D eigenvalue weighted by molar-refractivity contribution is -0.127. The minimum absolute atomic E-state index is 0.0340. The van der Waals surface area contributed by atoms with Gasteiger partial charge in [-0.05, 0) is 67.5 Å². The van der Waals surface area contributed by atoms with Crippen LogP contribution in [0.25, 0.3) is 0 Å². The molecule has 1 heterocycles. The maximum Gasteiger partial charge on any atom is 0.243 e. The molecule has 1 saturated heterocycles. The van der Waals surface area contributed by atoms with Crippen LogP contribution in [0.15, 0.2) is 53.4 Å². The second-order valence-corrected chi connectivity index (χ2v) is 9.97. The summed E-state index contributed by atoms with van der Waals surface area (Å²) >= 11 is 0. The molecule has 4 rings (SSSR count). The fourth-order valence-electron chi connectivity index (χ4n) is 4.47. The molecule has 2 atom stereocenters. The fraction of sp³-hybridized carbons (Fsp3) is 0.435. The molecule has 30 heavy (non-hydrogen) atoms. The normalized spacial score (nSPS) is 22.2. The Morgan fingerprint density at radius 1 is 1.10 bits per heavy atom. The maximum atomic E-state index is 13.1. The smallest absolute Gasteiger partial charge is 0.243 e. The van der Waals surface area contributed by atoms with E-state index >= 15 is 0 Å². The lowest BCUT2D eigenvalue weighted by Crippen LogP contribution is -2.46. The van der Waals surface area contributed by atoms with Crippen molar-refractivity contribution >= 4 is 15.9 Å². The maximum absolute atomic E-state index is 13.1. The Kier molecular flexibility index (Phi) is 6.11. The van der Waals surface area contributed by atoms with Gasteiger partial charge in [0.05, 0.1) is 24.0 Å². The lowest BCUT2D eigenvalue weighted by atomic mass is 9.87. The summed E-state index contributed by atoms with van der Waals surface area (Å²) < 4.78 is 32.7. The Morgan fingerprint density at radius 3 is 2.67 bits per heavy atom. The molecular weight excluding hydrogens is 400 g/mol. The van der Waals surface area contributed by atoms with Crippen molar-refractivity contribution < 1.29 is 17.9 Å². The number of hydrogen-bond acceptors (Lipinski definition) is 4. The van der Waals surface area contributed by atoms with Gasteiger partial charge in [0, 0.05) is 13.1 Å². The van der Waals surface area contributed by atoms with E-state index in [4.69, 9.17) is 4.74 Å². The average Bonchev–Trinajstić information content (AvgIpc) is 2.79. The number of benzene rings is 2. The van der Waals surface area contributed by atoms with E-state index in [0.717, 1.165) is 30.6 Å². The molecule has 7 heteroatoms. The number of aryl methyl sites for hydroxylation is 1. The van der Waals surface area contributed by atoms with Gasteiger partial charge in [0.2, 0.25) is 15.9 Å². The van der Waals surface area contributed by atoms with E-state index in [2.05, 4.69) is 5.32 Å². The van der Waals surface area contributed by atoms with E-state index in [1.54, 1.807) is 37.4 Å². The van der Waals surface area contributed by atoms with Gasteiger partial charge in [-0.25, -0.2) is 8.42 Å². The minimum Gasteiger partial charge on any atom is -0.497 e. The molecule has 0 saturated carbocycles. The zero-order valence-corrected chi connectivity index (χ0v) is 18.0. The molecular formula is C23H28N2O4S. The second kappa shape index (κ2) is 8.78. The monoisotopic (exact) mass is 428 g/mol. The molecule has 160 valence electrons. The van der Waals surface area contributed by atoms with Gasteiger partial charge >= 0.3 is 0 Å². The molecule has 6 nitrogen and oxygen atoms in total. The molecule has 1 fully saturated rings. The highest BCUT2D eigenvalue weighted by molar-refractivity contribution is 7.89. The van der Waals surface area contributed by atoms with Crippen LogP contribution in [-0.4, -0.2) is 38.8 Å². The third-order valence-electron chi connectivity index (χ3n) is 6.12. The standard InChI is InChI=1S/C23H28N2O4S/c1-29-19-12-13-21-17(15-19)7-5-11-22(21)24-23(26)18-8-6-14-25(16-18)30(27,28)20-9-3-2-4-10-20/h2-4,9-10,12-13,15,18,22H,5-8,11,14,16H2,1H3,(H,24,26)/t18-,22+/m1/s1. The molecule has 0 aromatic heterocycles. The molecule has 1 aliphatic heterocycles. The van der Waals surface area contributed by atoms with E-state index in [0.29, 0.717) is 19.4 Å². The highest BCUT2D eigenvalue weighted by Crippen LogP contribution is 2.33. The number of rotatable bonds is 5. The van der Waals surface area contributed by atoms with Gasteiger partial charge in [0.15, 0.2) is 0 Å². The molecule has 0 spiro atoms. The molecule has 2 aliphatic rings. The summed E-state index contributed by atoms with van der Waals surface area (Å²) in [5, 5.41) is 3.19. The van der Waals surface area contributed by atoms with Gasteiger partial charge in [-0.1, -0.05) is 24.3 Å². The Morgan fingerprint density at radius 2 is 1.90 bits per heavy atom. The Bertz CT molecular complexity index is 1010. The first kappa shape index (κ1) is 20.9. The van der Waals surface area contributed by atoms with Crippen LogP contribution < -0.4 is 10.1 Å². The van der Waals surface area contributed by atoms with Gasteiger partial charge in [0.25, 0.3) is 0 Å². The van der Waals surface area contributed by atoms with Gasteiger partial charge in [0.1, 0.15) is 5.75 Å². The number of carbonyl (C=O) groups excluding carboxylic acids is 1. The van der Waals surface area contributed by atoms with E-state index in [1.165, 1.54) is 9.87 Å². The predicted octanol–water partition coefficient (Wildman–Crippen LogP) is 3.29. The molecule has 1 aliphatic carbocycles. The number of methoxy groups -OCH3 is 1. The van der Waals surface area contributed by atoms with Crippen LogP contribution in [0.1, 0.15) is 42.9 Å². The first-order chi connectivity index (χ1) is 14.5. The van der Waals surface area contributed by atoms with Crippen LogP contribution in [0, 0.1) is 5.92 Å². The minimum atomic E-state index is -3.58. The van der Waals surface area contributed by atoms with E-state index in [-0.39, 0.29) is 29.3 Å². The van der Waals surface area contributed by atoms with Crippen molar-refractivity contribution in [1.29, 1.82) is 0 Å². The lowest BCUT2D eigenvalue weighted by Gasteiger charge is -2.33. The number of piperidine rings is 1. The first-order valence-electron chi connectivity index (χ1n) is 10.5. The van der Waals surface area contributed by atoms with Gasteiger partial charge in [-0.15, -0.1) is 0 Å². The Hall–Kier alpha value is -2.38. The molecule has 1 amide bonds. The average molecular weight is 429 g/mol. The molecule has 0 radical (unpaired) electrons. The number of sulfonamides is 1. The number of amides is 1. The predicted molar refractivity (Wildman–Crippen MR) is 115 cm³/mol. The summed E-state index contributed by atoms with van der Waals surface area (Å²) in [5.41, 5.74) is 2.35. The summed E-state index contributed by atoms with van der Waals surface area (Å²) in [6, 6.07) is 14.4. The zero-order chi connectivity index (χ0) is 21.1. The van der Waals surface area contributed by atoms with E-state index < -0.39 is 10.0 Å². The number of ether oxygens (including phenoxy) is 1. The van der Waals surface area contributed by atoms with Crippen molar-refractivity contribution in [3.63, 3.8) is 0 Å². The van der Waals surface area contributed by atoms with Crippen molar-refractivity contribution in [3.8, 4) is 5.75 Å². The molecule has 0 bridgehead atoms. The van der Waals surface area contributed by atoms with Gasteiger partial charge in [-0.2, -0.15) is 4.31 Å². The topological polar surface area (TPSA) is 75.7 Å². The molecule has 2 aromatic rings. The van der Waals surface area contributed by atoms with E-state index in [9.17, 15) is 13.2 Å². The third-order valence-corrected chi connectivity index (χ3v) is 8.00. The first-order valence-corrected chi connectivity index (χ1v) is 12.0. The van der Waals surface area contributed by atoms with Crippen molar-refractivity contribution in [2.24, 2.45) is 5.92 Å². The summed E-state index contributed by atoms with van der Waals surface area (Å²) in [6.45, 7) is 0.679.